The molecule has 4 rings (SSSR count). The molecule has 26 heavy (non-hydrogen) atoms. The SMILES string of the molecule is CC(C)NP1(=O)OC[C@H]2O[C@@H](c3cnc4c(N)ccnn34)[C@](C)(F)C2O1. The molecule has 2 unspecified atom stereocenters. The number of aromatic nitrogens is 3. The lowest BCUT2D eigenvalue weighted by Crippen LogP contribution is -2.46. The number of hydrogen-bond donors (Lipinski definition) is 2. The van der Waals surface area contributed by atoms with E-state index in [2.05, 4.69) is 15.2 Å². The molecule has 4 heterocycles. The number of halogens is 1. The second-order valence-electron chi connectivity index (χ2n) is 7.01. The van der Waals surface area contributed by atoms with Crippen LogP contribution in [0.3, 0.4) is 0 Å². The first kappa shape index (κ1) is 17.8. The first-order valence-corrected chi connectivity index (χ1v) is 9.89. The molecule has 2 aliphatic heterocycles. The molecular weight excluding hydrogens is 364 g/mol. The maximum atomic E-state index is 15.7. The largest absolute Gasteiger partial charge is 0.406 e. The van der Waals surface area contributed by atoms with Crippen LogP contribution in [-0.4, -0.2) is 45.1 Å². The van der Waals surface area contributed by atoms with Crippen molar-refractivity contribution in [1.29, 1.82) is 0 Å². The number of nitrogens with zero attached hydrogens (tertiary/aromatic N) is 3. The Kier molecular flexibility index (Phi) is 4.09. The zero-order valence-corrected chi connectivity index (χ0v) is 15.5. The van der Waals surface area contributed by atoms with Gasteiger partial charge >= 0.3 is 7.75 Å². The molecule has 142 valence electrons. The summed E-state index contributed by atoms with van der Waals surface area (Å²) < 4.78 is 46.6. The Morgan fingerprint density at radius 3 is 3.04 bits per heavy atom. The van der Waals surface area contributed by atoms with E-state index in [1.165, 1.54) is 23.8 Å². The number of hydrogen-bond acceptors (Lipinski definition) is 7. The Morgan fingerprint density at radius 2 is 2.31 bits per heavy atom. The highest BCUT2D eigenvalue weighted by molar-refractivity contribution is 7.51. The van der Waals surface area contributed by atoms with Gasteiger partial charge < -0.3 is 10.5 Å². The number of nitrogen functional groups attached to an aromatic ring is 1. The normalized spacial score (nSPS) is 37.3. The van der Waals surface area contributed by atoms with E-state index in [9.17, 15) is 4.57 Å². The summed E-state index contributed by atoms with van der Waals surface area (Å²) in [6.07, 6.45) is 0.218. The van der Waals surface area contributed by atoms with Crippen LogP contribution in [-0.2, 0) is 18.3 Å². The molecule has 3 N–H and O–H groups in total. The van der Waals surface area contributed by atoms with Crippen molar-refractivity contribution in [2.24, 2.45) is 0 Å². The molecule has 0 saturated carbocycles. The minimum Gasteiger partial charge on any atom is -0.396 e. The zero-order chi connectivity index (χ0) is 18.7. The van der Waals surface area contributed by atoms with Gasteiger partial charge in [0, 0.05) is 6.04 Å². The third-order valence-electron chi connectivity index (χ3n) is 4.52. The van der Waals surface area contributed by atoms with Gasteiger partial charge in [0.1, 0.15) is 18.3 Å². The van der Waals surface area contributed by atoms with Crippen LogP contribution in [0.15, 0.2) is 18.5 Å². The van der Waals surface area contributed by atoms with Crippen LogP contribution >= 0.6 is 7.75 Å². The number of rotatable bonds is 3. The molecular formula is C15H21FN5O4P. The van der Waals surface area contributed by atoms with Crippen molar-refractivity contribution in [3.63, 3.8) is 0 Å². The lowest BCUT2D eigenvalue weighted by Gasteiger charge is -2.35. The summed E-state index contributed by atoms with van der Waals surface area (Å²) in [6, 6.07) is 1.47. The lowest BCUT2D eigenvalue weighted by atomic mass is 9.93. The number of anilines is 1. The minimum absolute atomic E-state index is 0.0377. The first-order chi connectivity index (χ1) is 12.2. The van der Waals surface area contributed by atoms with Gasteiger partial charge in [0.2, 0.25) is 0 Å². The predicted molar refractivity (Wildman–Crippen MR) is 91.2 cm³/mol. The van der Waals surface area contributed by atoms with E-state index in [1.807, 2.05) is 0 Å². The summed E-state index contributed by atoms with van der Waals surface area (Å²) in [6.45, 7) is 4.92. The van der Waals surface area contributed by atoms with Crippen molar-refractivity contribution in [3.8, 4) is 0 Å². The van der Waals surface area contributed by atoms with E-state index in [0.717, 1.165) is 0 Å². The zero-order valence-electron chi connectivity index (χ0n) is 14.6. The van der Waals surface area contributed by atoms with Crippen LogP contribution in [0, 0.1) is 0 Å². The third-order valence-corrected chi connectivity index (χ3v) is 6.35. The summed E-state index contributed by atoms with van der Waals surface area (Å²) in [5, 5.41) is 6.92. The molecule has 0 amide bonds. The van der Waals surface area contributed by atoms with Gasteiger partial charge in [0.05, 0.1) is 30.4 Å². The van der Waals surface area contributed by atoms with Crippen LogP contribution in [0.4, 0.5) is 10.1 Å². The minimum atomic E-state index is -3.61. The van der Waals surface area contributed by atoms with E-state index in [1.54, 1.807) is 19.9 Å². The Labute approximate surface area is 149 Å². The molecule has 2 saturated heterocycles. The van der Waals surface area contributed by atoms with E-state index in [4.69, 9.17) is 19.5 Å². The van der Waals surface area contributed by atoms with Gasteiger partial charge in [0.25, 0.3) is 0 Å². The van der Waals surface area contributed by atoms with E-state index >= 15 is 4.39 Å². The van der Waals surface area contributed by atoms with Gasteiger partial charge in [-0.3, -0.25) is 9.05 Å². The average Bonchev–Trinajstić information content (AvgIpc) is 3.07. The van der Waals surface area contributed by atoms with Crippen molar-refractivity contribution in [2.45, 2.75) is 50.8 Å². The fraction of sp³-hybridized carbons (Fsp3) is 0.600. The van der Waals surface area contributed by atoms with Gasteiger partial charge in [-0.1, -0.05) is 0 Å². The quantitative estimate of drug-likeness (QED) is 0.772. The fourth-order valence-corrected chi connectivity index (χ4v) is 5.21. The monoisotopic (exact) mass is 385 g/mol. The summed E-state index contributed by atoms with van der Waals surface area (Å²) >= 11 is 0. The van der Waals surface area contributed by atoms with E-state index in [0.29, 0.717) is 17.0 Å². The van der Waals surface area contributed by atoms with Crippen LogP contribution in [0.5, 0.6) is 0 Å². The van der Waals surface area contributed by atoms with Crippen molar-refractivity contribution in [2.75, 3.05) is 12.3 Å². The fourth-order valence-electron chi connectivity index (χ4n) is 3.39. The lowest BCUT2D eigenvalue weighted by molar-refractivity contribution is -0.0447. The molecule has 2 aromatic heterocycles. The first-order valence-electron chi connectivity index (χ1n) is 8.34. The van der Waals surface area contributed by atoms with Crippen LogP contribution in [0.2, 0.25) is 0 Å². The second-order valence-corrected chi connectivity index (χ2v) is 8.74. The molecule has 0 bridgehead atoms. The molecule has 0 aliphatic carbocycles. The van der Waals surface area contributed by atoms with Crippen molar-refractivity contribution in [1.82, 2.24) is 19.7 Å². The summed E-state index contributed by atoms with van der Waals surface area (Å²) in [5.41, 5.74) is 5.17. The Balaban J connectivity index is 1.68. The van der Waals surface area contributed by atoms with Crippen LogP contribution < -0.4 is 10.8 Å². The number of imidazole rings is 1. The van der Waals surface area contributed by atoms with Gasteiger partial charge in [-0.2, -0.15) is 5.10 Å². The predicted octanol–water partition coefficient (Wildman–Crippen LogP) is 2.00. The van der Waals surface area contributed by atoms with Gasteiger partial charge in [-0.05, 0) is 26.8 Å². The second kappa shape index (κ2) is 5.97. The Morgan fingerprint density at radius 1 is 1.54 bits per heavy atom. The smallest absolute Gasteiger partial charge is 0.396 e. The molecule has 9 nitrogen and oxygen atoms in total. The molecule has 2 aliphatic rings. The Bertz CT molecular complexity index is 888. The number of ether oxygens (including phenoxy) is 1. The van der Waals surface area contributed by atoms with Crippen LogP contribution in [0.25, 0.3) is 5.65 Å². The number of nitrogens with one attached hydrogen (secondary N) is 1. The highest BCUT2D eigenvalue weighted by Gasteiger charge is 2.61. The van der Waals surface area contributed by atoms with E-state index < -0.39 is 31.7 Å². The topological polar surface area (TPSA) is 113 Å². The van der Waals surface area contributed by atoms with Crippen molar-refractivity contribution in [3.05, 3.63) is 24.2 Å². The Hall–Kier alpha value is -1.58. The molecule has 0 spiro atoms. The van der Waals surface area contributed by atoms with Crippen LogP contribution in [0.1, 0.15) is 32.6 Å². The van der Waals surface area contributed by atoms with Gasteiger partial charge in [-0.15, -0.1) is 0 Å². The molecule has 11 heteroatoms. The maximum Gasteiger partial charge on any atom is 0.406 e. The maximum absolute atomic E-state index is 15.7. The molecule has 0 radical (unpaired) electrons. The average molecular weight is 385 g/mol. The summed E-state index contributed by atoms with van der Waals surface area (Å²) in [4.78, 5) is 4.20. The number of alkyl halides is 1. The van der Waals surface area contributed by atoms with E-state index in [-0.39, 0.29) is 12.6 Å². The van der Waals surface area contributed by atoms with Crippen molar-refractivity contribution >= 4 is 19.1 Å². The third kappa shape index (κ3) is 2.73. The van der Waals surface area contributed by atoms with Crippen molar-refractivity contribution < 1.29 is 22.7 Å². The van der Waals surface area contributed by atoms with Gasteiger partial charge in [0.15, 0.2) is 11.3 Å². The summed E-state index contributed by atoms with van der Waals surface area (Å²) in [7, 11) is -3.61. The standard InChI is InChI=1S/C15H21FN5O4P/c1-8(2)20-26(22)23-7-11-13(25-26)15(3,16)12(24-11)10-6-18-14-9(17)4-5-19-21(10)14/h4-6,8,11-13H,7,17H2,1-3H3,(H,20,22)/t11-,12+,13?,15+,26?/m1/s1. The molecule has 0 aromatic carbocycles. The molecule has 5 atom stereocenters. The highest BCUT2D eigenvalue weighted by Crippen LogP contribution is 2.57. The molecule has 2 aromatic rings. The highest BCUT2D eigenvalue weighted by atomic mass is 31.2. The number of nitrogens with two attached hydrogens (primary N) is 1. The molecule has 2 fully saturated rings. The number of fused-ring (bicyclic) bond motifs is 2. The summed E-state index contributed by atoms with van der Waals surface area (Å²) in [5.74, 6) is 0. The van der Waals surface area contributed by atoms with Gasteiger partial charge in [-0.25, -0.2) is 23.5 Å².